The molecule has 0 bridgehead atoms. The third-order valence-corrected chi connectivity index (χ3v) is 3.91. The SMILES string of the molecule is CNS(=O)(=O)CC1CC1(C)C. The fourth-order valence-electron chi connectivity index (χ4n) is 1.21. The van der Waals surface area contributed by atoms with Gasteiger partial charge in [-0.15, -0.1) is 0 Å². The highest BCUT2D eigenvalue weighted by Crippen LogP contribution is 2.51. The Morgan fingerprint density at radius 3 is 2.27 bits per heavy atom. The molecule has 0 saturated heterocycles. The summed E-state index contributed by atoms with van der Waals surface area (Å²) in [6.45, 7) is 4.20. The zero-order chi connectivity index (χ0) is 8.70. The first-order valence-corrected chi connectivity index (χ1v) is 5.44. The summed E-state index contributed by atoms with van der Waals surface area (Å²) in [4.78, 5) is 0. The smallest absolute Gasteiger partial charge is 0.211 e. The van der Waals surface area contributed by atoms with Gasteiger partial charge in [0.05, 0.1) is 5.75 Å². The average molecular weight is 177 g/mol. The lowest BCUT2D eigenvalue weighted by atomic mass is 10.1. The largest absolute Gasteiger partial charge is 0.218 e. The Kier molecular flexibility index (Phi) is 2.01. The number of sulfonamides is 1. The van der Waals surface area contributed by atoms with Gasteiger partial charge in [-0.25, -0.2) is 13.1 Å². The molecule has 11 heavy (non-hydrogen) atoms. The van der Waals surface area contributed by atoms with E-state index in [1.807, 2.05) is 0 Å². The van der Waals surface area contributed by atoms with Gasteiger partial charge in [-0.1, -0.05) is 13.8 Å². The summed E-state index contributed by atoms with van der Waals surface area (Å²) in [5.74, 6) is 0.649. The second kappa shape index (κ2) is 2.45. The first kappa shape index (κ1) is 9.00. The molecule has 1 N–H and O–H groups in total. The normalized spacial score (nSPS) is 28.5. The summed E-state index contributed by atoms with van der Waals surface area (Å²) in [5.41, 5.74) is 0.254. The van der Waals surface area contributed by atoms with E-state index in [9.17, 15) is 8.42 Å². The van der Waals surface area contributed by atoms with Crippen molar-refractivity contribution in [1.29, 1.82) is 0 Å². The Labute approximate surface area is 68.2 Å². The molecule has 0 aliphatic heterocycles. The molecule has 0 heterocycles. The molecule has 0 aromatic carbocycles. The van der Waals surface area contributed by atoms with Crippen LogP contribution in [0.4, 0.5) is 0 Å². The minimum atomic E-state index is -2.98. The lowest BCUT2D eigenvalue weighted by molar-refractivity contribution is 0.556. The zero-order valence-corrected chi connectivity index (χ0v) is 8.03. The van der Waals surface area contributed by atoms with Crippen molar-refractivity contribution in [2.75, 3.05) is 12.8 Å². The van der Waals surface area contributed by atoms with E-state index in [0.29, 0.717) is 5.92 Å². The summed E-state index contributed by atoms with van der Waals surface area (Å²) in [7, 11) is -1.51. The molecule has 1 saturated carbocycles. The summed E-state index contributed by atoms with van der Waals surface area (Å²) < 4.78 is 24.4. The van der Waals surface area contributed by atoms with Gasteiger partial charge in [0.15, 0.2) is 0 Å². The molecule has 1 atom stereocenters. The van der Waals surface area contributed by atoms with Crippen LogP contribution in [0, 0.1) is 11.3 Å². The second-order valence-electron chi connectivity index (χ2n) is 3.88. The summed E-state index contributed by atoms with van der Waals surface area (Å²) in [6, 6.07) is 0. The predicted molar refractivity (Wildman–Crippen MR) is 44.7 cm³/mol. The second-order valence-corrected chi connectivity index (χ2v) is 5.85. The van der Waals surface area contributed by atoms with Crippen LogP contribution in [0.25, 0.3) is 0 Å². The van der Waals surface area contributed by atoms with Crippen molar-refractivity contribution in [2.45, 2.75) is 20.3 Å². The van der Waals surface area contributed by atoms with Gasteiger partial charge in [0.2, 0.25) is 10.0 Å². The number of nitrogens with one attached hydrogen (secondary N) is 1. The van der Waals surface area contributed by atoms with Crippen LogP contribution in [-0.4, -0.2) is 21.2 Å². The highest BCUT2D eigenvalue weighted by atomic mass is 32.2. The topological polar surface area (TPSA) is 46.2 Å². The minimum Gasteiger partial charge on any atom is -0.218 e. The first-order valence-electron chi connectivity index (χ1n) is 3.78. The van der Waals surface area contributed by atoms with Gasteiger partial charge >= 0.3 is 0 Å². The average Bonchev–Trinajstić information content (AvgIpc) is 2.39. The number of hydrogen-bond acceptors (Lipinski definition) is 2. The van der Waals surface area contributed by atoms with Crippen molar-refractivity contribution >= 4 is 10.0 Å². The number of rotatable bonds is 3. The Balaban J connectivity index is 2.47. The van der Waals surface area contributed by atoms with Gasteiger partial charge in [0.1, 0.15) is 0 Å². The van der Waals surface area contributed by atoms with Gasteiger partial charge in [-0.2, -0.15) is 0 Å². The van der Waals surface area contributed by atoms with Crippen molar-refractivity contribution < 1.29 is 8.42 Å². The van der Waals surface area contributed by atoms with E-state index in [1.165, 1.54) is 7.05 Å². The maximum Gasteiger partial charge on any atom is 0.211 e. The van der Waals surface area contributed by atoms with Gasteiger partial charge in [-0.05, 0) is 24.8 Å². The molecule has 0 amide bonds. The highest BCUT2D eigenvalue weighted by molar-refractivity contribution is 7.89. The minimum absolute atomic E-state index is 0.254. The van der Waals surface area contributed by atoms with Crippen molar-refractivity contribution in [1.82, 2.24) is 4.72 Å². The van der Waals surface area contributed by atoms with Gasteiger partial charge in [0, 0.05) is 0 Å². The molecule has 1 fully saturated rings. The lowest BCUT2D eigenvalue weighted by Gasteiger charge is -2.03. The summed E-state index contributed by atoms with van der Waals surface area (Å²) >= 11 is 0. The zero-order valence-electron chi connectivity index (χ0n) is 7.22. The molecule has 0 aromatic rings. The van der Waals surface area contributed by atoms with Crippen LogP contribution in [0.5, 0.6) is 0 Å². The molecule has 1 aliphatic carbocycles. The Hall–Kier alpha value is -0.0900. The third-order valence-electron chi connectivity index (χ3n) is 2.45. The fourth-order valence-corrected chi connectivity index (χ4v) is 2.47. The Bertz CT molecular complexity index is 243. The van der Waals surface area contributed by atoms with Crippen LogP contribution in [0.3, 0.4) is 0 Å². The van der Waals surface area contributed by atoms with E-state index in [0.717, 1.165) is 6.42 Å². The van der Waals surface area contributed by atoms with Crippen molar-refractivity contribution in [3.63, 3.8) is 0 Å². The molecule has 1 aliphatic rings. The molecular weight excluding hydrogens is 162 g/mol. The quantitative estimate of drug-likeness (QED) is 0.685. The van der Waals surface area contributed by atoms with Crippen LogP contribution >= 0.6 is 0 Å². The van der Waals surface area contributed by atoms with Crippen molar-refractivity contribution in [3.8, 4) is 0 Å². The molecule has 0 aromatic heterocycles. The monoisotopic (exact) mass is 177 g/mol. The van der Waals surface area contributed by atoms with Crippen molar-refractivity contribution in [2.24, 2.45) is 11.3 Å². The third kappa shape index (κ3) is 2.17. The van der Waals surface area contributed by atoms with E-state index in [-0.39, 0.29) is 11.2 Å². The van der Waals surface area contributed by atoms with E-state index in [2.05, 4.69) is 18.6 Å². The predicted octanol–water partition coefficient (Wildman–Crippen LogP) is 0.582. The maximum atomic E-state index is 11.0. The molecule has 4 heteroatoms. The molecular formula is C7H15NO2S. The van der Waals surface area contributed by atoms with Crippen LogP contribution in [0.15, 0.2) is 0 Å². The van der Waals surface area contributed by atoms with Crippen molar-refractivity contribution in [3.05, 3.63) is 0 Å². The first-order chi connectivity index (χ1) is 4.87. The molecule has 66 valence electrons. The number of hydrogen-bond donors (Lipinski definition) is 1. The molecule has 0 radical (unpaired) electrons. The van der Waals surface area contributed by atoms with Crippen LogP contribution < -0.4 is 4.72 Å². The van der Waals surface area contributed by atoms with Crippen LogP contribution in [0.2, 0.25) is 0 Å². The van der Waals surface area contributed by atoms with Gasteiger partial charge in [-0.3, -0.25) is 0 Å². The Morgan fingerprint density at radius 1 is 1.55 bits per heavy atom. The fraction of sp³-hybridized carbons (Fsp3) is 1.00. The molecule has 1 rings (SSSR count). The van der Waals surface area contributed by atoms with Gasteiger partial charge < -0.3 is 0 Å². The van der Waals surface area contributed by atoms with E-state index in [4.69, 9.17) is 0 Å². The molecule has 1 unspecified atom stereocenters. The Morgan fingerprint density at radius 2 is 2.00 bits per heavy atom. The summed E-state index contributed by atoms with van der Waals surface area (Å²) in [6.07, 6.45) is 1.04. The highest BCUT2D eigenvalue weighted by Gasteiger charge is 2.47. The van der Waals surface area contributed by atoms with E-state index in [1.54, 1.807) is 0 Å². The van der Waals surface area contributed by atoms with E-state index < -0.39 is 10.0 Å². The molecule has 3 nitrogen and oxygen atoms in total. The van der Waals surface area contributed by atoms with E-state index >= 15 is 0 Å². The lowest BCUT2D eigenvalue weighted by Crippen LogP contribution is -2.23. The van der Waals surface area contributed by atoms with Crippen LogP contribution in [0.1, 0.15) is 20.3 Å². The standard InChI is InChI=1S/C7H15NO2S/c1-7(2)4-6(7)5-11(9,10)8-3/h6,8H,4-5H2,1-3H3. The molecule has 0 spiro atoms. The summed E-state index contributed by atoms with van der Waals surface area (Å²) in [5, 5.41) is 0. The maximum absolute atomic E-state index is 11.0. The van der Waals surface area contributed by atoms with Gasteiger partial charge in [0.25, 0.3) is 0 Å². The van der Waals surface area contributed by atoms with Crippen LogP contribution in [-0.2, 0) is 10.0 Å².